The number of anilines is 1. The normalized spacial score (nSPS) is 10.6. The van der Waals surface area contributed by atoms with Crippen LogP contribution in [-0.4, -0.2) is 10.5 Å². The molecule has 0 aliphatic carbocycles. The maximum absolute atomic E-state index is 12.7. The highest BCUT2D eigenvalue weighted by Gasteiger charge is 2.14. The fourth-order valence-electron chi connectivity index (χ4n) is 2.57. The smallest absolute Gasteiger partial charge is 0.263 e. The first-order valence-electron chi connectivity index (χ1n) is 7.96. The number of hydrogen-bond donors (Lipinski definition) is 1. The topological polar surface area (TPSA) is 51.1 Å². The molecule has 1 aromatic heterocycles. The van der Waals surface area contributed by atoms with E-state index < -0.39 is 5.91 Å². The van der Waals surface area contributed by atoms with E-state index in [4.69, 9.17) is 23.2 Å². The summed E-state index contributed by atoms with van der Waals surface area (Å²) in [6.07, 6.45) is 1.62. The number of benzene rings is 2. The second-order valence-corrected chi connectivity index (χ2v) is 6.70. The summed E-state index contributed by atoms with van der Waals surface area (Å²) in [5, 5.41) is 3.78. The quantitative estimate of drug-likeness (QED) is 0.702. The molecule has 0 spiro atoms. The SMILES string of the molecule is Cc1ccccc1NC(=O)c1cccn(Cc2ccc(Cl)cc2Cl)c1=O. The van der Waals surface area contributed by atoms with Crippen LogP contribution in [0.15, 0.2) is 65.6 Å². The summed E-state index contributed by atoms with van der Waals surface area (Å²) >= 11 is 12.1. The number of para-hydroxylation sites is 1. The predicted octanol–water partition coefficient (Wildman–Crippen LogP) is 4.76. The van der Waals surface area contributed by atoms with Gasteiger partial charge in [0.1, 0.15) is 5.56 Å². The van der Waals surface area contributed by atoms with Gasteiger partial charge >= 0.3 is 0 Å². The number of aromatic nitrogens is 1. The third-order valence-electron chi connectivity index (χ3n) is 4.01. The molecule has 0 aliphatic rings. The lowest BCUT2D eigenvalue weighted by atomic mass is 10.2. The number of halogens is 2. The average Bonchev–Trinajstić information content (AvgIpc) is 2.61. The molecule has 26 heavy (non-hydrogen) atoms. The Morgan fingerprint density at radius 2 is 1.85 bits per heavy atom. The number of carbonyl (C=O) groups is 1. The van der Waals surface area contributed by atoms with Crippen molar-refractivity contribution in [2.45, 2.75) is 13.5 Å². The van der Waals surface area contributed by atoms with Crippen LogP contribution < -0.4 is 10.9 Å². The Kier molecular flexibility index (Phi) is 5.45. The molecule has 1 amide bonds. The van der Waals surface area contributed by atoms with Crippen LogP contribution >= 0.6 is 23.2 Å². The molecule has 4 nitrogen and oxygen atoms in total. The van der Waals surface area contributed by atoms with Crippen molar-refractivity contribution in [3.8, 4) is 0 Å². The number of rotatable bonds is 4. The van der Waals surface area contributed by atoms with Gasteiger partial charge in [0.2, 0.25) is 0 Å². The zero-order valence-corrected chi connectivity index (χ0v) is 15.5. The molecule has 6 heteroatoms. The van der Waals surface area contributed by atoms with Crippen molar-refractivity contribution in [1.29, 1.82) is 0 Å². The molecule has 132 valence electrons. The number of amides is 1. The van der Waals surface area contributed by atoms with Crippen LogP contribution in [0.25, 0.3) is 0 Å². The van der Waals surface area contributed by atoms with Crippen LogP contribution in [0.5, 0.6) is 0 Å². The molecule has 1 N–H and O–H groups in total. The van der Waals surface area contributed by atoms with Gasteiger partial charge < -0.3 is 9.88 Å². The van der Waals surface area contributed by atoms with Crippen LogP contribution in [0.1, 0.15) is 21.5 Å². The zero-order chi connectivity index (χ0) is 18.7. The first kappa shape index (κ1) is 18.2. The molecule has 1 heterocycles. The van der Waals surface area contributed by atoms with E-state index in [1.807, 2.05) is 25.1 Å². The van der Waals surface area contributed by atoms with E-state index in [0.29, 0.717) is 15.7 Å². The zero-order valence-electron chi connectivity index (χ0n) is 14.0. The fraction of sp³-hybridized carbons (Fsp3) is 0.100. The number of pyridine rings is 1. The van der Waals surface area contributed by atoms with E-state index in [2.05, 4.69) is 5.32 Å². The second-order valence-electron chi connectivity index (χ2n) is 5.86. The third kappa shape index (κ3) is 3.98. The summed E-state index contributed by atoms with van der Waals surface area (Å²) in [6, 6.07) is 15.7. The highest BCUT2D eigenvalue weighted by molar-refractivity contribution is 6.35. The van der Waals surface area contributed by atoms with E-state index in [0.717, 1.165) is 11.1 Å². The first-order chi connectivity index (χ1) is 12.5. The molecule has 0 radical (unpaired) electrons. The van der Waals surface area contributed by atoms with E-state index in [1.165, 1.54) is 10.6 Å². The summed E-state index contributed by atoms with van der Waals surface area (Å²) < 4.78 is 1.45. The van der Waals surface area contributed by atoms with Gasteiger partial charge in [-0.1, -0.05) is 47.5 Å². The predicted molar refractivity (Wildman–Crippen MR) is 105 cm³/mol. The summed E-state index contributed by atoms with van der Waals surface area (Å²) in [5.41, 5.74) is 2.03. The molecule has 3 aromatic rings. The Bertz CT molecular complexity index is 1030. The van der Waals surface area contributed by atoms with Crippen LogP contribution in [0.2, 0.25) is 10.0 Å². The highest BCUT2D eigenvalue weighted by atomic mass is 35.5. The van der Waals surface area contributed by atoms with E-state index in [-0.39, 0.29) is 17.7 Å². The minimum Gasteiger partial charge on any atom is -0.322 e. The lowest BCUT2D eigenvalue weighted by molar-refractivity contribution is 0.102. The molecule has 3 rings (SSSR count). The number of nitrogens with zero attached hydrogens (tertiary/aromatic N) is 1. The van der Waals surface area contributed by atoms with Gasteiger partial charge in [-0.2, -0.15) is 0 Å². The van der Waals surface area contributed by atoms with Crippen LogP contribution in [0.4, 0.5) is 5.69 Å². The first-order valence-corrected chi connectivity index (χ1v) is 8.71. The molecule has 0 saturated heterocycles. The lowest BCUT2D eigenvalue weighted by Gasteiger charge is -2.11. The number of nitrogens with one attached hydrogen (secondary N) is 1. The third-order valence-corrected chi connectivity index (χ3v) is 4.60. The van der Waals surface area contributed by atoms with Crippen molar-refractivity contribution in [3.05, 3.63) is 97.9 Å². The molecular formula is C20H16Cl2N2O2. The van der Waals surface area contributed by atoms with E-state index in [9.17, 15) is 9.59 Å². The van der Waals surface area contributed by atoms with Gasteiger partial charge in [-0.3, -0.25) is 9.59 Å². The summed E-state index contributed by atoms with van der Waals surface area (Å²) in [4.78, 5) is 25.2. The minimum absolute atomic E-state index is 0.0702. The van der Waals surface area contributed by atoms with E-state index >= 15 is 0 Å². The Hall–Kier alpha value is -2.56. The van der Waals surface area contributed by atoms with Gasteiger partial charge in [-0.25, -0.2) is 0 Å². The molecule has 0 atom stereocenters. The number of aryl methyl sites for hydroxylation is 1. The van der Waals surface area contributed by atoms with Crippen LogP contribution in [0.3, 0.4) is 0 Å². The Morgan fingerprint density at radius 3 is 2.58 bits per heavy atom. The van der Waals surface area contributed by atoms with Crippen molar-refractivity contribution >= 4 is 34.8 Å². The Labute approximate surface area is 161 Å². The van der Waals surface area contributed by atoms with Crippen molar-refractivity contribution in [1.82, 2.24) is 4.57 Å². The standard InChI is InChI=1S/C20H16Cl2N2O2/c1-13-5-2-3-7-18(13)23-19(25)16-6-4-10-24(20(16)26)12-14-8-9-15(21)11-17(14)22/h2-11H,12H2,1H3,(H,23,25). The molecule has 0 saturated carbocycles. The summed E-state index contributed by atoms with van der Waals surface area (Å²) in [5.74, 6) is -0.444. The monoisotopic (exact) mass is 386 g/mol. The second kappa shape index (κ2) is 7.77. The van der Waals surface area contributed by atoms with Gasteiger partial charge in [0.05, 0.1) is 6.54 Å². The molecule has 0 unspecified atom stereocenters. The van der Waals surface area contributed by atoms with Gasteiger partial charge in [-0.05, 0) is 48.4 Å². The summed E-state index contributed by atoms with van der Waals surface area (Å²) in [7, 11) is 0. The van der Waals surface area contributed by atoms with Crippen molar-refractivity contribution in [3.63, 3.8) is 0 Å². The van der Waals surface area contributed by atoms with Gasteiger partial charge in [-0.15, -0.1) is 0 Å². The minimum atomic E-state index is -0.444. The molecule has 0 bridgehead atoms. The van der Waals surface area contributed by atoms with Crippen LogP contribution in [0, 0.1) is 6.92 Å². The summed E-state index contributed by atoms with van der Waals surface area (Å²) in [6.45, 7) is 2.14. The van der Waals surface area contributed by atoms with Crippen LogP contribution in [-0.2, 0) is 6.54 Å². The number of carbonyl (C=O) groups excluding carboxylic acids is 1. The Morgan fingerprint density at radius 1 is 1.08 bits per heavy atom. The largest absolute Gasteiger partial charge is 0.322 e. The molecule has 0 fully saturated rings. The van der Waals surface area contributed by atoms with Crippen molar-refractivity contribution in [2.24, 2.45) is 0 Å². The van der Waals surface area contributed by atoms with Gasteiger partial charge in [0.25, 0.3) is 11.5 Å². The van der Waals surface area contributed by atoms with Crippen molar-refractivity contribution < 1.29 is 4.79 Å². The fourth-order valence-corrected chi connectivity index (χ4v) is 3.04. The average molecular weight is 387 g/mol. The van der Waals surface area contributed by atoms with E-state index in [1.54, 1.807) is 36.5 Å². The molecule has 0 aliphatic heterocycles. The maximum atomic E-state index is 12.7. The van der Waals surface area contributed by atoms with Gasteiger partial charge in [0.15, 0.2) is 0 Å². The maximum Gasteiger partial charge on any atom is 0.263 e. The Balaban J connectivity index is 1.88. The highest BCUT2D eigenvalue weighted by Crippen LogP contribution is 2.21. The number of hydrogen-bond acceptors (Lipinski definition) is 2. The van der Waals surface area contributed by atoms with Crippen molar-refractivity contribution in [2.75, 3.05) is 5.32 Å². The lowest BCUT2D eigenvalue weighted by Crippen LogP contribution is -2.29. The molecular weight excluding hydrogens is 371 g/mol. The molecule has 2 aromatic carbocycles. The van der Waals surface area contributed by atoms with Gasteiger partial charge in [0, 0.05) is 21.9 Å².